The molecule has 6 heteroatoms. The molecule has 0 saturated carbocycles. The first-order valence-corrected chi connectivity index (χ1v) is 6.39. The molecule has 18 heavy (non-hydrogen) atoms. The highest BCUT2D eigenvalue weighted by atomic mass is 32.2. The zero-order valence-corrected chi connectivity index (χ0v) is 10.7. The zero-order chi connectivity index (χ0) is 13.5. The first kappa shape index (κ1) is 14.5. The van der Waals surface area contributed by atoms with Gasteiger partial charge < -0.3 is 10.0 Å². The fourth-order valence-corrected chi connectivity index (χ4v) is 2.11. The van der Waals surface area contributed by atoms with Gasteiger partial charge in [0.1, 0.15) is 12.4 Å². The van der Waals surface area contributed by atoms with Crippen LogP contribution in [0.15, 0.2) is 29.2 Å². The Bertz CT molecular complexity index is 422. The van der Waals surface area contributed by atoms with Crippen LogP contribution in [0.4, 0.5) is 4.39 Å². The number of aliphatic carboxylic acids is 1. The maximum absolute atomic E-state index is 12.7. The number of carboxylic acids is 1. The van der Waals surface area contributed by atoms with Gasteiger partial charge in [-0.1, -0.05) is 0 Å². The van der Waals surface area contributed by atoms with Gasteiger partial charge in [-0.3, -0.25) is 9.59 Å². The SMILES string of the molecule is CCN(CC(=O)O)C(=O)CSc1ccc(F)cc1. The predicted octanol–water partition coefficient (Wildman–Crippen LogP) is 1.85. The van der Waals surface area contributed by atoms with E-state index in [4.69, 9.17) is 5.11 Å². The highest BCUT2D eigenvalue weighted by Crippen LogP contribution is 2.18. The van der Waals surface area contributed by atoms with Crippen molar-refractivity contribution >= 4 is 23.6 Å². The van der Waals surface area contributed by atoms with Crippen molar-refractivity contribution in [3.8, 4) is 0 Å². The van der Waals surface area contributed by atoms with Crippen molar-refractivity contribution in [2.75, 3.05) is 18.8 Å². The number of rotatable bonds is 6. The fourth-order valence-electron chi connectivity index (χ4n) is 1.31. The molecule has 0 spiro atoms. The number of amides is 1. The van der Waals surface area contributed by atoms with Gasteiger partial charge in [0.25, 0.3) is 0 Å². The van der Waals surface area contributed by atoms with E-state index in [1.165, 1.54) is 28.8 Å². The fraction of sp³-hybridized carbons (Fsp3) is 0.333. The van der Waals surface area contributed by atoms with Crippen molar-refractivity contribution < 1.29 is 19.1 Å². The Morgan fingerprint density at radius 3 is 2.44 bits per heavy atom. The van der Waals surface area contributed by atoms with Gasteiger partial charge in [-0.2, -0.15) is 0 Å². The topological polar surface area (TPSA) is 57.6 Å². The molecule has 0 radical (unpaired) electrons. The average Bonchev–Trinajstić information content (AvgIpc) is 2.34. The number of likely N-dealkylation sites (N-methyl/N-ethyl adjacent to an activating group) is 1. The Kier molecular flexibility index (Phi) is 5.64. The molecule has 0 heterocycles. The molecule has 1 rings (SSSR count). The van der Waals surface area contributed by atoms with E-state index >= 15 is 0 Å². The van der Waals surface area contributed by atoms with Gasteiger partial charge >= 0.3 is 5.97 Å². The van der Waals surface area contributed by atoms with Crippen LogP contribution < -0.4 is 0 Å². The average molecular weight is 271 g/mol. The second kappa shape index (κ2) is 7.00. The Hall–Kier alpha value is -1.56. The highest BCUT2D eigenvalue weighted by molar-refractivity contribution is 8.00. The molecule has 0 fully saturated rings. The van der Waals surface area contributed by atoms with Crippen molar-refractivity contribution in [1.29, 1.82) is 0 Å². The minimum atomic E-state index is -1.03. The summed E-state index contributed by atoms with van der Waals surface area (Å²) < 4.78 is 12.7. The molecule has 1 aromatic carbocycles. The van der Waals surface area contributed by atoms with Crippen molar-refractivity contribution in [3.63, 3.8) is 0 Å². The lowest BCUT2D eigenvalue weighted by Gasteiger charge is -2.18. The number of thioether (sulfide) groups is 1. The van der Waals surface area contributed by atoms with Crippen LogP contribution in [-0.2, 0) is 9.59 Å². The Balaban J connectivity index is 2.49. The number of hydrogen-bond donors (Lipinski definition) is 1. The molecule has 0 unspecified atom stereocenters. The lowest BCUT2D eigenvalue weighted by Crippen LogP contribution is -2.36. The van der Waals surface area contributed by atoms with Gasteiger partial charge in [0.05, 0.1) is 5.75 Å². The highest BCUT2D eigenvalue weighted by Gasteiger charge is 2.14. The lowest BCUT2D eigenvalue weighted by molar-refractivity contribution is -0.143. The number of benzene rings is 1. The maximum atomic E-state index is 12.7. The minimum absolute atomic E-state index is 0.146. The van der Waals surface area contributed by atoms with Crippen LogP contribution in [0.5, 0.6) is 0 Å². The molecule has 0 aliphatic heterocycles. The van der Waals surface area contributed by atoms with Crippen molar-refractivity contribution in [2.45, 2.75) is 11.8 Å². The number of hydrogen-bond acceptors (Lipinski definition) is 3. The second-order valence-corrected chi connectivity index (χ2v) is 4.59. The van der Waals surface area contributed by atoms with Gasteiger partial charge in [-0.05, 0) is 31.2 Å². The molecule has 0 bridgehead atoms. The summed E-state index contributed by atoms with van der Waals surface area (Å²) in [6.07, 6.45) is 0. The van der Waals surface area contributed by atoms with Gasteiger partial charge in [0.2, 0.25) is 5.91 Å². The molecule has 0 saturated heterocycles. The third-order valence-electron chi connectivity index (χ3n) is 2.24. The van der Waals surface area contributed by atoms with E-state index in [1.54, 1.807) is 19.1 Å². The first-order chi connectivity index (χ1) is 8.52. The normalized spacial score (nSPS) is 10.1. The maximum Gasteiger partial charge on any atom is 0.323 e. The third kappa shape index (κ3) is 4.75. The van der Waals surface area contributed by atoms with E-state index in [0.29, 0.717) is 6.54 Å². The van der Waals surface area contributed by atoms with Crippen LogP contribution in [0.3, 0.4) is 0 Å². The summed E-state index contributed by atoms with van der Waals surface area (Å²) in [6.45, 7) is 1.79. The van der Waals surface area contributed by atoms with E-state index in [-0.39, 0.29) is 24.0 Å². The summed E-state index contributed by atoms with van der Waals surface area (Å²) in [4.78, 5) is 24.3. The van der Waals surface area contributed by atoms with Crippen LogP contribution in [0.1, 0.15) is 6.92 Å². The number of carboxylic acid groups (broad SMARTS) is 1. The van der Waals surface area contributed by atoms with Gasteiger partial charge in [-0.15, -0.1) is 11.8 Å². The molecule has 1 amide bonds. The minimum Gasteiger partial charge on any atom is -0.480 e. The predicted molar refractivity (Wildman–Crippen MR) is 67.0 cm³/mol. The van der Waals surface area contributed by atoms with Crippen molar-refractivity contribution in [2.24, 2.45) is 0 Å². The molecule has 0 aliphatic rings. The second-order valence-electron chi connectivity index (χ2n) is 3.54. The molecular weight excluding hydrogens is 257 g/mol. The molecular formula is C12H14FNO3S. The zero-order valence-electron chi connectivity index (χ0n) is 9.93. The summed E-state index contributed by atoms with van der Waals surface area (Å²) in [5, 5.41) is 8.64. The monoisotopic (exact) mass is 271 g/mol. The van der Waals surface area contributed by atoms with Gasteiger partial charge in [-0.25, -0.2) is 4.39 Å². The van der Waals surface area contributed by atoms with Gasteiger partial charge in [0, 0.05) is 11.4 Å². The molecule has 0 aliphatic carbocycles. The van der Waals surface area contributed by atoms with Crippen LogP contribution in [0.2, 0.25) is 0 Å². The van der Waals surface area contributed by atoms with E-state index in [1.807, 2.05) is 0 Å². The molecule has 4 nitrogen and oxygen atoms in total. The van der Waals surface area contributed by atoms with Crippen LogP contribution in [-0.4, -0.2) is 40.7 Å². The van der Waals surface area contributed by atoms with Crippen molar-refractivity contribution in [1.82, 2.24) is 4.90 Å². The van der Waals surface area contributed by atoms with Crippen LogP contribution in [0, 0.1) is 5.82 Å². The lowest BCUT2D eigenvalue weighted by atomic mass is 10.4. The molecule has 98 valence electrons. The van der Waals surface area contributed by atoms with Crippen LogP contribution >= 0.6 is 11.8 Å². The van der Waals surface area contributed by atoms with E-state index in [2.05, 4.69) is 0 Å². The third-order valence-corrected chi connectivity index (χ3v) is 3.23. The summed E-state index contributed by atoms with van der Waals surface area (Å²) in [5.74, 6) is -1.45. The standard InChI is InChI=1S/C12H14FNO3S/c1-2-14(7-12(16)17)11(15)8-18-10-5-3-9(13)4-6-10/h3-6H,2,7-8H2,1H3,(H,16,17). The van der Waals surface area contributed by atoms with Crippen LogP contribution in [0.25, 0.3) is 0 Å². The smallest absolute Gasteiger partial charge is 0.323 e. The molecule has 1 aromatic rings. The Labute approximate surface area is 109 Å². The number of carbonyl (C=O) groups excluding carboxylic acids is 1. The van der Waals surface area contributed by atoms with E-state index < -0.39 is 5.97 Å². The molecule has 0 atom stereocenters. The summed E-state index contributed by atoms with van der Waals surface area (Å²) in [5.41, 5.74) is 0. The first-order valence-electron chi connectivity index (χ1n) is 5.41. The van der Waals surface area contributed by atoms with Crippen molar-refractivity contribution in [3.05, 3.63) is 30.1 Å². The number of carbonyl (C=O) groups is 2. The van der Waals surface area contributed by atoms with Gasteiger partial charge in [0.15, 0.2) is 0 Å². The Morgan fingerprint density at radius 1 is 1.33 bits per heavy atom. The molecule has 1 N–H and O–H groups in total. The summed E-state index contributed by atoms with van der Waals surface area (Å²) in [7, 11) is 0. The number of nitrogens with zero attached hydrogens (tertiary/aromatic N) is 1. The largest absolute Gasteiger partial charge is 0.480 e. The van der Waals surface area contributed by atoms with E-state index in [0.717, 1.165) is 4.90 Å². The number of halogens is 1. The summed E-state index contributed by atoms with van der Waals surface area (Å²) >= 11 is 1.26. The summed E-state index contributed by atoms with van der Waals surface area (Å²) in [6, 6.07) is 5.81. The molecule has 0 aromatic heterocycles. The Morgan fingerprint density at radius 2 is 1.94 bits per heavy atom. The van der Waals surface area contributed by atoms with E-state index in [9.17, 15) is 14.0 Å². The quantitative estimate of drug-likeness (QED) is 0.802.